The van der Waals surface area contributed by atoms with Crippen LogP contribution in [-0.2, 0) is 12.6 Å². The molecule has 1 atom stereocenters. The highest BCUT2D eigenvalue weighted by atomic mass is 79.9. The molecule has 1 fully saturated rings. The zero-order valence-electron chi connectivity index (χ0n) is 10.3. The Bertz CT molecular complexity index is 565. The first-order valence-corrected chi connectivity index (χ1v) is 6.89. The van der Waals surface area contributed by atoms with Gasteiger partial charge in [-0.25, -0.2) is 0 Å². The van der Waals surface area contributed by atoms with Crippen LogP contribution in [0, 0.1) is 0 Å². The van der Waals surface area contributed by atoms with Gasteiger partial charge in [-0.05, 0) is 53.9 Å². The molecule has 1 aromatic carbocycles. The van der Waals surface area contributed by atoms with E-state index in [1.807, 2.05) is 0 Å². The summed E-state index contributed by atoms with van der Waals surface area (Å²) in [6.45, 7) is 3.44. The monoisotopic (exact) mass is 292 g/mol. The maximum Gasteiger partial charge on any atom is 0.0492 e. The largest absolute Gasteiger partial charge is 0.349 e. The summed E-state index contributed by atoms with van der Waals surface area (Å²) in [5.74, 6) is 0. The molecule has 3 rings (SSSR count). The first-order chi connectivity index (χ1) is 8.10. The smallest absolute Gasteiger partial charge is 0.0492 e. The molecule has 1 aromatic heterocycles. The summed E-state index contributed by atoms with van der Waals surface area (Å²) in [5.41, 5.74) is 2.85. The van der Waals surface area contributed by atoms with E-state index in [4.69, 9.17) is 0 Å². The fourth-order valence-electron chi connectivity index (χ4n) is 2.82. The van der Waals surface area contributed by atoms with E-state index in [0.717, 1.165) is 6.54 Å². The highest BCUT2D eigenvalue weighted by Crippen LogP contribution is 2.34. The number of fused-ring (bicyclic) bond motifs is 1. The Kier molecular flexibility index (Phi) is 2.56. The van der Waals surface area contributed by atoms with Gasteiger partial charge in [-0.3, -0.25) is 0 Å². The fourth-order valence-corrected chi connectivity index (χ4v) is 3.46. The molecular weight excluding hydrogens is 276 g/mol. The minimum atomic E-state index is 0.158. The third-order valence-corrected chi connectivity index (χ3v) is 4.58. The minimum Gasteiger partial charge on any atom is -0.349 e. The number of hydrogen-bond acceptors (Lipinski definition) is 1. The molecule has 90 valence electrons. The molecule has 0 spiro atoms. The maximum absolute atomic E-state index is 3.62. The first kappa shape index (κ1) is 11.3. The summed E-state index contributed by atoms with van der Waals surface area (Å²) < 4.78 is 3.35. The Labute approximate surface area is 110 Å². The lowest BCUT2D eigenvalue weighted by Gasteiger charge is -2.25. The molecule has 0 bridgehead atoms. The summed E-state index contributed by atoms with van der Waals surface area (Å²) in [6, 6.07) is 6.80. The van der Waals surface area contributed by atoms with Gasteiger partial charge in [-0.2, -0.15) is 0 Å². The van der Waals surface area contributed by atoms with Gasteiger partial charge in [0.25, 0.3) is 0 Å². The molecule has 0 saturated carbocycles. The van der Waals surface area contributed by atoms with E-state index in [2.05, 4.69) is 64.2 Å². The summed E-state index contributed by atoms with van der Waals surface area (Å²) in [5, 5.41) is 4.91. The number of rotatable bonds is 1. The second-order valence-electron chi connectivity index (χ2n) is 5.18. The molecule has 17 heavy (non-hydrogen) atoms. The predicted molar refractivity (Wildman–Crippen MR) is 75.2 cm³/mol. The summed E-state index contributed by atoms with van der Waals surface area (Å²) in [7, 11) is 2.10. The maximum atomic E-state index is 3.62. The van der Waals surface area contributed by atoms with Gasteiger partial charge in [0.2, 0.25) is 0 Å². The Morgan fingerprint density at radius 1 is 1.41 bits per heavy atom. The molecule has 1 aliphatic rings. The van der Waals surface area contributed by atoms with Crippen LogP contribution in [-0.4, -0.2) is 11.1 Å². The van der Waals surface area contributed by atoms with Crippen molar-refractivity contribution >= 4 is 26.8 Å². The van der Waals surface area contributed by atoms with Gasteiger partial charge in [-0.1, -0.05) is 12.1 Å². The summed E-state index contributed by atoms with van der Waals surface area (Å²) >= 11 is 3.60. The van der Waals surface area contributed by atoms with Crippen LogP contribution in [0.4, 0.5) is 0 Å². The van der Waals surface area contributed by atoms with Crippen LogP contribution in [0.5, 0.6) is 0 Å². The van der Waals surface area contributed by atoms with Gasteiger partial charge in [0.1, 0.15) is 0 Å². The van der Waals surface area contributed by atoms with E-state index < -0.39 is 0 Å². The van der Waals surface area contributed by atoms with Crippen LogP contribution in [0.1, 0.15) is 25.3 Å². The Balaban J connectivity index is 2.16. The van der Waals surface area contributed by atoms with Crippen molar-refractivity contribution in [2.24, 2.45) is 7.05 Å². The number of halogens is 1. The number of benzene rings is 1. The second-order valence-corrected chi connectivity index (χ2v) is 6.04. The van der Waals surface area contributed by atoms with Crippen molar-refractivity contribution in [2.45, 2.75) is 25.3 Å². The molecule has 1 aliphatic heterocycles. The fraction of sp³-hybridized carbons (Fsp3) is 0.429. The normalized spacial score (nSPS) is 24.6. The molecular formula is C14H17BrN2. The molecule has 2 aromatic rings. The van der Waals surface area contributed by atoms with Crippen LogP contribution in [0.25, 0.3) is 10.9 Å². The lowest BCUT2D eigenvalue weighted by molar-refractivity contribution is 0.435. The third kappa shape index (κ3) is 1.72. The number of aryl methyl sites for hydroxylation is 1. The number of hydrogen-bond donors (Lipinski definition) is 1. The molecule has 1 N–H and O–H groups in total. The number of nitrogens with one attached hydrogen (secondary N) is 1. The summed E-state index contributed by atoms with van der Waals surface area (Å²) in [4.78, 5) is 0. The summed E-state index contributed by atoms with van der Waals surface area (Å²) in [6.07, 6.45) is 4.62. The van der Waals surface area contributed by atoms with Crippen LogP contribution >= 0.6 is 15.9 Å². The molecule has 1 unspecified atom stereocenters. The number of nitrogens with zero attached hydrogens (tertiary/aromatic N) is 1. The SMILES string of the molecule is Cn1cc(Br)c2ccc(C3(C)CCCN3)cc21. The Morgan fingerprint density at radius 3 is 2.94 bits per heavy atom. The van der Waals surface area contributed by atoms with Gasteiger partial charge in [0, 0.05) is 34.2 Å². The molecule has 2 nitrogen and oxygen atoms in total. The van der Waals surface area contributed by atoms with E-state index in [1.54, 1.807) is 0 Å². The van der Waals surface area contributed by atoms with E-state index in [9.17, 15) is 0 Å². The van der Waals surface area contributed by atoms with Crippen LogP contribution < -0.4 is 5.32 Å². The molecule has 0 aliphatic carbocycles. The van der Waals surface area contributed by atoms with Crippen molar-refractivity contribution in [1.82, 2.24) is 9.88 Å². The first-order valence-electron chi connectivity index (χ1n) is 6.10. The van der Waals surface area contributed by atoms with Gasteiger partial charge < -0.3 is 9.88 Å². The molecule has 3 heteroatoms. The lowest BCUT2D eigenvalue weighted by atomic mass is 9.90. The van der Waals surface area contributed by atoms with E-state index in [1.165, 1.54) is 33.8 Å². The van der Waals surface area contributed by atoms with E-state index in [-0.39, 0.29) is 5.54 Å². The average Bonchev–Trinajstić information content (AvgIpc) is 2.86. The van der Waals surface area contributed by atoms with Crippen LogP contribution in [0.15, 0.2) is 28.9 Å². The van der Waals surface area contributed by atoms with E-state index >= 15 is 0 Å². The van der Waals surface area contributed by atoms with Crippen LogP contribution in [0.3, 0.4) is 0 Å². The van der Waals surface area contributed by atoms with Crippen LogP contribution in [0.2, 0.25) is 0 Å². The third-order valence-electron chi connectivity index (χ3n) is 3.95. The average molecular weight is 293 g/mol. The van der Waals surface area contributed by atoms with Gasteiger partial charge in [-0.15, -0.1) is 0 Å². The van der Waals surface area contributed by atoms with Crippen molar-refractivity contribution in [2.75, 3.05) is 6.54 Å². The Hall–Kier alpha value is -0.800. The standard InChI is InChI=1S/C14H17BrN2/c1-14(6-3-7-16-14)10-4-5-11-12(15)9-17(2)13(11)8-10/h4-5,8-9,16H,3,6-7H2,1-2H3. The highest BCUT2D eigenvalue weighted by molar-refractivity contribution is 9.10. The van der Waals surface area contributed by atoms with Crippen molar-refractivity contribution < 1.29 is 0 Å². The van der Waals surface area contributed by atoms with Crippen molar-refractivity contribution in [1.29, 1.82) is 0 Å². The van der Waals surface area contributed by atoms with Gasteiger partial charge >= 0.3 is 0 Å². The second kappa shape index (κ2) is 3.85. The van der Waals surface area contributed by atoms with Gasteiger partial charge in [0.05, 0.1) is 0 Å². The van der Waals surface area contributed by atoms with Crippen molar-refractivity contribution in [3.63, 3.8) is 0 Å². The predicted octanol–water partition coefficient (Wildman–Crippen LogP) is 3.54. The topological polar surface area (TPSA) is 17.0 Å². The zero-order chi connectivity index (χ0) is 12.0. The number of aromatic nitrogens is 1. The minimum absolute atomic E-state index is 0.158. The quantitative estimate of drug-likeness (QED) is 0.851. The molecule has 0 radical (unpaired) electrons. The Morgan fingerprint density at radius 2 is 2.24 bits per heavy atom. The zero-order valence-corrected chi connectivity index (χ0v) is 11.8. The molecule has 2 heterocycles. The highest BCUT2D eigenvalue weighted by Gasteiger charge is 2.30. The van der Waals surface area contributed by atoms with Crippen molar-refractivity contribution in [3.8, 4) is 0 Å². The molecule has 0 amide bonds. The van der Waals surface area contributed by atoms with Gasteiger partial charge in [0.15, 0.2) is 0 Å². The van der Waals surface area contributed by atoms with Crippen molar-refractivity contribution in [3.05, 3.63) is 34.4 Å². The van der Waals surface area contributed by atoms with E-state index in [0.29, 0.717) is 0 Å². The lowest BCUT2D eigenvalue weighted by Crippen LogP contribution is -2.33. The molecule has 1 saturated heterocycles.